The van der Waals surface area contributed by atoms with Gasteiger partial charge in [-0.2, -0.15) is 0 Å². The number of hydrogen-bond acceptors (Lipinski definition) is 5. The van der Waals surface area contributed by atoms with Crippen molar-refractivity contribution in [1.82, 2.24) is 10.3 Å². The van der Waals surface area contributed by atoms with Crippen LogP contribution in [0.3, 0.4) is 0 Å². The van der Waals surface area contributed by atoms with Crippen LogP contribution >= 0.6 is 0 Å². The molecule has 2 saturated heterocycles. The zero-order valence-electron chi connectivity index (χ0n) is 32.2. The fourth-order valence-corrected chi connectivity index (χ4v) is 14.4. The first kappa shape index (κ1) is 37.8. The maximum absolute atomic E-state index is 13.0. The number of carbonyl (C=O) groups excluding carboxylic acids is 1. The minimum absolute atomic E-state index is 0.0427. The number of oxazole rings is 1. The molecule has 0 unspecified atom stereocenters. The van der Waals surface area contributed by atoms with E-state index >= 15 is 0 Å². The lowest BCUT2D eigenvalue weighted by Crippen LogP contribution is -2.66. The second-order valence-electron chi connectivity index (χ2n) is 16.9. The summed E-state index contributed by atoms with van der Waals surface area (Å²) in [5, 5.41) is 5.69. The Balaban J connectivity index is 0.980. The maximum atomic E-state index is 13.0. The average molecular weight is 733 g/mol. The quantitative estimate of drug-likeness (QED) is 0.0919. The summed E-state index contributed by atoms with van der Waals surface area (Å²) in [7, 11) is -2.57. The molecular formula is C46H60N2O4Si. The number of nitrogens with one attached hydrogen (secondary N) is 1. The summed E-state index contributed by atoms with van der Waals surface area (Å²) in [6.07, 6.45) is 17.1. The summed E-state index contributed by atoms with van der Waals surface area (Å²) >= 11 is 0. The number of unbranched alkanes of at least 4 members (excludes halogenated alkanes) is 1. The highest BCUT2D eigenvalue weighted by Gasteiger charge is 2.52. The molecule has 3 heterocycles. The molecule has 4 atom stereocenters. The fraction of sp³-hybridized carbons (Fsp3) is 0.522. The molecule has 0 radical (unpaired) electrons. The van der Waals surface area contributed by atoms with E-state index in [0.717, 1.165) is 44.4 Å². The van der Waals surface area contributed by atoms with E-state index in [9.17, 15) is 4.79 Å². The molecule has 1 aromatic heterocycles. The standard InChI is InChI=1S/C46H60N2O4Si/c1-46(2,3)53(37-24-9-5-10-25-37,38-26-11-6-12-27-38)51-31-17-23-35-21-13-14-22-36(35)32-39-41-28-29-42(52-41)43(39)45-48-40(33-50-45)44(49)47-30-16-15-20-34-18-7-4-8-19-34/h5-6,9-14,21-22,24-27,33-34,39,41-43H,4,7-8,15-20,23,28-32H2,1-3H3,(H,47,49)/t39-,41-,42+,43-/m0/s1. The Bertz CT molecular complexity index is 1710. The number of amides is 1. The maximum Gasteiger partial charge on any atom is 0.273 e. The van der Waals surface area contributed by atoms with Gasteiger partial charge in [0.05, 0.1) is 18.1 Å². The monoisotopic (exact) mass is 732 g/mol. The smallest absolute Gasteiger partial charge is 0.273 e. The summed E-state index contributed by atoms with van der Waals surface area (Å²) in [5.41, 5.74) is 3.12. The van der Waals surface area contributed by atoms with E-state index in [4.69, 9.17) is 18.6 Å². The molecule has 53 heavy (non-hydrogen) atoms. The molecular weight excluding hydrogens is 673 g/mol. The van der Waals surface area contributed by atoms with Crippen LogP contribution < -0.4 is 15.7 Å². The number of nitrogens with zero attached hydrogens (tertiary/aromatic N) is 1. The van der Waals surface area contributed by atoms with Gasteiger partial charge in [0.2, 0.25) is 5.89 Å². The van der Waals surface area contributed by atoms with E-state index in [-0.39, 0.29) is 35.0 Å². The van der Waals surface area contributed by atoms with Crippen molar-refractivity contribution in [3.8, 4) is 0 Å². The van der Waals surface area contributed by atoms with Crippen LogP contribution in [0.1, 0.15) is 125 Å². The van der Waals surface area contributed by atoms with E-state index in [2.05, 4.69) is 111 Å². The minimum atomic E-state index is -2.57. The van der Waals surface area contributed by atoms with Crippen LogP contribution in [-0.2, 0) is 22.0 Å². The Morgan fingerprint density at radius 3 is 2.17 bits per heavy atom. The third kappa shape index (κ3) is 8.58. The predicted octanol–water partition coefficient (Wildman–Crippen LogP) is 9.17. The lowest BCUT2D eigenvalue weighted by molar-refractivity contribution is 0.0897. The number of rotatable bonds is 16. The summed E-state index contributed by atoms with van der Waals surface area (Å²) in [5.74, 6) is 1.72. The van der Waals surface area contributed by atoms with Crippen molar-refractivity contribution < 1.29 is 18.4 Å². The molecule has 3 aromatic carbocycles. The van der Waals surface area contributed by atoms with Gasteiger partial charge in [0.25, 0.3) is 14.2 Å². The second kappa shape index (κ2) is 17.3. The van der Waals surface area contributed by atoms with Crippen LogP contribution in [0.5, 0.6) is 0 Å². The van der Waals surface area contributed by atoms with E-state index in [0.29, 0.717) is 24.7 Å². The third-order valence-corrected chi connectivity index (χ3v) is 17.5. The van der Waals surface area contributed by atoms with Crippen LogP contribution in [0.25, 0.3) is 0 Å². The van der Waals surface area contributed by atoms with E-state index in [1.807, 2.05) is 0 Å². The highest BCUT2D eigenvalue weighted by Crippen LogP contribution is 2.50. The van der Waals surface area contributed by atoms with E-state index < -0.39 is 8.32 Å². The third-order valence-electron chi connectivity index (χ3n) is 12.4. The number of aromatic nitrogens is 1. The first-order valence-corrected chi connectivity index (χ1v) is 22.4. The van der Waals surface area contributed by atoms with Crippen molar-refractivity contribution in [2.24, 2.45) is 11.8 Å². The first-order valence-electron chi connectivity index (χ1n) is 20.5. The van der Waals surface area contributed by atoms with Gasteiger partial charge >= 0.3 is 0 Å². The lowest BCUT2D eigenvalue weighted by Gasteiger charge is -2.43. The van der Waals surface area contributed by atoms with Gasteiger partial charge in [0.1, 0.15) is 6.26 Å². The summed E-state index contributed by atoms with van der Waals surface area (Å²) in [6, 6.07) is 30.7. The zero-order valence-corrected chi connectivity index (χ0v) is 33.2. The Hall–Kier alpha value is -3.52. The Labute approximate surface area is 318 Å². The second-order valence-corrected chi connectivity index (χ2v) is 21.2. The fourth-order valence-electron chi connectivity index (χ4n) is 9.75. The van der Waals surface area contributed by atoms with Crippen LogP contribution in [0.4, 0.5) is 0 Å². The highest BCUT2D eigenvalue weighted by atomic mass is 28.4. The number of benzene rings is 3. The van der Waals surface area contributed by atoms with Crippen molar-refractivity contribution in [3.05, 3.63) is 114 Å². The Kier molecular flexibility index (Phi) is 12.3. The summed E-state index contributed by atoms with van der Waals surface area (Å²) in [4.78, 5) is 17.8. The van der Waals surface area contributed by atoms with Crippen molar-refractivity contribution >= 4 is 24.6 Å². The molecule has 3 fully saturated rings. The predicted molar refractivity (Wildman–Crippen MR) is 215 cm³/mol. The SMILES string of the molecule is CC(C)(C)[Si](OCCCc1ccccc1C[C@@H]1[C@H](c2nc(C(=O)NCCCCC3CCCCC3)co2)[C@H]2CC[C@@H]1O2)(c1ccccc1)c1ccccc1. The van der Waals surface area contributed by atoms with Crippen molar-refractivity contribution in [2.45, 2.75) is 127 Å². The highest BCUT2D eigenvalue weighted by molar-refractivity contribution is 6.99. The average Bonchev–Trinajstić information content (AvgIpc) is 3.94. The molecule has 282 valence electrons. The summed E-state index contributed by atoms with van der Waals surface area (Å²) < 4.78 is 19.8. The molecule has 6 nitrogen and oxygen atoms in total. The number of carbonyl (C=O) groups is 1. The van der Waals surface area contributed by atoms with Gasteiger partial charge in [-0.3, -0.25) is 4.79 Å². The summed E-state index contributed by atoms with van der Waals surface area (Å²) in [6.45, 7) is 8.40. The number of hydrogen-bond donors (Lipinski definition) is 1. The van der Waals surface area contributed by atoms with Gasteiger partial charge < -0.3 is 18.9 Å². The topological polar surface area (TPSA) is 73.6 Å². The molecule has 1 amide bonds. The lowest BCUT2D eigenvalue weighted by atomic mass is 9.75. The van der Waals surface area contributed by atoms with Crippen molar-refractivity contribution in [3.63, 3.8) is 0 Å². The minimum Gasteiger partial charge on any atom is -0.448 e. The Morgan fingerprint density at radius 1 is 0.811 bits per heavy atom. The van der Waals surface area contributed by atoms with Gasteiger partial charge in [0, 0.05) is 19.1 Å². The molecule has 1 aliphatic carbocycles. The molecule has 1 saturated carbocycles. The zero-order chi connectivity index (χ0) is 36.7. The molecule has 0 spiro atoms. The molecule has 4 aromatic rings. The normalized spacial score (nSPS) is 21.9. The van der Waals surface area contributed by atoms with Crippen LogP contribution in [0, 0.1) is 11.8 Å². The van der Waals surface area contributed by atoms with Crippen LogP contribution in [0.2, 0.25) is 5.04 Å². The van der Waals surface area contributed by atoms with Crippen molar-refractivity contribution in [2.75, 3.05) is 13.2 Å². The molecule has 1 N–H and O–H groups in total. The number of fused-ring (bicyclic) bond motifs is 2. The van der Waals surface area contributed by atoms with Gasteiger partial charge in [-0.15, -0.1) is 0 Å². The molecule has 2 bridgehead atoms. The van der Waals surface area contributed by atoms with Gasteiger partial charge in [-0.25, -0.2) is 4.98 Å². The first-order chi connectivity index (χ1) is 25.8. The van der Waals surface area contributed by atoms with Crippen LogP contribution in [-0.4, -0.2) is 44.6 Å². The largest absolute Gasteiger partial charge is 0.448 e. The van der Waals surface area contributed by atoms with E-state index in [1.165, 1.54) is 66.4 Å². The van der Waals surface area contributed by atoms with Crippen LogP contribution in [0.15, 0.2) is 95.6 Å². The number of aryl methyl sites for hydroxylation is 1. The van der Waals surface area contributed by atoms with Gasteiger partial charge in [-0.1, -0.05) is 151 Å². The van der Waals surface area contributed by atoms with E-state index in [1.54, 1.807) is 6.26 Å². The number of ether oxygens (including phenoxy) is 1. The molecule has 2 aliphatic heterocycles. The molecule has 7 heteroatoms. The van der Waals surface area contributed by atoms with Gasteiger partial charge in [-0.05, 0) is 71.0 Å². The van der Waals surface area contributed by atoms with Crippen molar-refractivity contribution in [1.29, 1.82) is 0 Å². The van der Waals surface area contributed by atoms with Gasteiger partial charge in [0.15, 0.2) is 5.69 Å². The molecule has 7 rings (SSSR count). The Morgan fingerprint density at radius 2 is 1.47 bits per heavy atom. The molecule has 3 aliphatic rings.